The Bertz CT molecular complexity index is 1090. The number of aromatic nitrogens is 4. The molecule has 0 fully saturated rings. The Morgan fingerprint density at radius 1 is 1.07 bits per heavy atom. The Hall–Kier alpha value is -3.48. The lowest BCUT2D eigenvalue weighted by molar-refractivity contribution is 0.306. The lowest BCUT2D eigenvalue weighted by Crippen LogP contribution is -2.00. The molecule has 142 valence electrons. The van der Waals surface area contributed by atoms with Gasteiger partial charge in [0, 0.05) is 10.8 Å². The van der Waals surface area contributed by atoms with Gasteiger partial charge in [0.1, 0.15) is 12.1 Å². The summed E-state index contributed by atoms with van der Waals surface area (Å²) in [6.45, 7) is 2.94. The second kappa shape index (κ2) is 8.47. The summed E-state index contributed by atoms with van der Waals surface area (Å²) in [6.07, 6.45) is 6.81. The second-order valence-electron chi connectivity index (χ2n) is 6.49. The molecule has 0 aliphatic carbocycles. The number of anilines is 1. The minimum absolute atomic E-state index is 0.648. The van der Waals surface area contributed by atoms with E-state index in [1.807, 2.05) is 48.5 Å². The number of hydrogen-bond donors (Lipinski definition) is 1. The van der Waals surface area contributed by atoms with E-state index in [1.54, 1.807) is 17.1 Å². The molecule has 0 spiro atoms. The van der Waals surface area contributed by atoms with Gasteiger partial charge in [-0.1, -0.05) is 44.0 Å². The van der Waals surface area contributed by atoms with Gasteiger partial charge in [0.15, 0.2) is 11.5 Å². The normalized spacial score (nSPS) is 11.5. The van der Waals surface area contributed by atoms with E-state index >= 15 is 0 Å². The van der Waals surface area contributed by atoms with Gasteiger partial charge in [-0.2, -0.15) is 9.62 Å². The average molecular weight is 374 g/mol. The monoisotopic (exact) mass is 374 g/mol. The van der Waals surface area contributed by atoms with Crippen LogP contribution in [-0.2, 0) is 0 Å². The molecule has 0 radical (unpaired) electrons. The first-order chi connectivity index (χ1) is 13.8. The maximum absolute atomic E-state index is 5.73. The van der Waals surface area contributed by atoms with Gasteiger partial charge in [0.2, 0.25) is 0 Å². The number of benzene rings is 2. The topological polar surface area (TPSA) is 76.7 Å². The zero-order chi connectivity index (χ0) is 19.2. The van der Waals surface area contributed by atoms with Crippen LogP contribution in [0.1, 0.15) is 31.7 Å². The molecule has 0 unspecified atom stereocenters. The van der Waals surface area contributed by atoms with Gasteiger partial charge >= 0.3 is 0 Å². The van der Waals surface area contributed by atoms with Gasteiger partial charge in [-0.3, -0.25) is 5.43 Å². The van der Waals surface area contributed by atoms with Crippen LogP contribution in [-0.4, -0.2) is 32.6 Å². The van der Waals surface area contributed by atoms with E-state index in [2.05, 4.69) is 32.7 Å². The van der Waals surface area contributed by atoms with Gasteiger partial charge < -0.3 is 4.74 Å². The quantitative estimate of drug-likeness (QED) is 0.283. The zero-order valence-corrected chi connectivity index (χ0v) is 15.7. The van der Waals surface area contributed by atoms with Crippen LogP contribution in [0.4, 0.5) is 5.82 Å². The Labute approximate surface area is 163 Å². The molecule has 2 heterocycles. The molecule has 2 aromatic carbocycles. The summed E-state index contributed by atoms with van der Waals surface area (Å²) in [4.78, 5) is 0. The summed E-state index contributed by atoms with van der Waals surface area (Å²) in [5.41, 5.74) is 4.73. The maximum atomic E-state index is 5.73. The molecule has 0 saturated carbocycles. The first-order valence-electron chi connectivity index (χ1n) is 9.46. The third-order valence-corrected chi connectivity index (χ3v) is 4.44. The molecule has 1 N–H and O–H groups in total. The van der Waals surface area contributed by atoms with Crippen molar-refractivity contribution in [3.63, 3.8) is 0 Å². The van der Waals surface area contributed by atoms with Gasteiger partial charge in [-0.05, 0) is 36.2 Å². The molecular weight excluding hydrogens is 352 g/mol. The molecule has 7 nitrogen and oxygen atoms in total. The number of unbranched alkanes of at least 4 members (excludes halogenated alkanes) is 2. The van der Waals surface area contributed by atoms with Gasteiger partial charge in [0.05, 0.1) is 12.8 Å². The molecule has 0 atom stereocenters. The van der Waals surface area contributed by atoms with E-state index in [0.717, 1.165) is 40.8 Å². The van der Waals surface area contributed by atoms with E-state index < -0.39 is 0 Å². The van der Waals surface area contributed by atoms with Crippen molar-refractivity contribution >= 4 is 28.5 Å². The van der Waals surface area contributed by atoms with Gasteiger partial charge in [-0.25, -0.2) is 0 Å². The number of fused-ring (bicyclic) bond motifs is 3. The number of nitrogens with one attached hydrogen (secondary N) is 1. The third kappa shape index (κ3) is 3.93. The minimum atomic E-state index is 0.648. The highest BCUT2D eigenvalue weighted by molar-refractivity contribution is 5.99. The molecule has 28 heavy (non-hydrogen) atoms. The molecule has 4 rings (SSSR count). The van der Waals surface area contributed by atoms with Crippen molar-refractivity contribution in [1.29, 1.82) is 0 Å². The highest BCUT2D eigenvalue weighted by atomic mass is 16.5. The van der Waals surface area contributed by atoms with E-state index in [9.17, 15) is 0 Å². The number of ether oxygens (including phenoxy) is 1. The van der Waals surface area contributed by atoms with E-state index in [-0.39, 0.29) is 0 Å². The van der Waals surface area contributed by atoms with Crippen LogP contribution >= 0.6 is 0 Å². The lowest BCUT2D eigenvalue weighted by Gasteiger charge is -2.06. The molecule has 0 amide bonds. The molecule has 2 aromatic heterocycles. The number of hydrogen-bond acceptors (Lipinski definition) is 6. The molecule has 4 aromatic rings. The largest absolute Gasteiger partial charge is 0.494 e. The van der Waals surface area contributed by atoms with Crippen molar-refractivity contribution in [2.75, 3.05) is 12.0 Å². The summed E-state index contributed by atoms with van der Waals surface area (Å²) in [7, 11) is 0. The first-order valence-corrected chi connectivity index (χ1v) is 9.46. The van der Waals surface area contributed by atoms with Crippen LogP contribution in [0.25, 0.3) is 16.4 Å². The molecule has 0 bridgehead atoms. The fourth-order valence-corrected chi connectivity index (χ4v) is 2.97. The number of nitrogens with zero attached hydrogens (tertiary/aromatic N) is 5. The maximum Gasteiger partial charge on any atom is 0.185 e. The molecule has 0 aliphatic rings. The van der Waals surface area contributed by atoms with Crippen molar-refractivity contribution in [2.24, 2.45) is 5.10 Å². The van der Waals surface area contributed by atoms with Crippen molar-refractivity contribution < 1.29 is 4.74 Å². The van der Waals surface area contributed by atoms with Crippen LogP contribution in [0.5, 0.6) is 5.75 Å². The smallest absolute Gasteiger partial charge is 0.185 e. The summed E-state index contributed by atoms with van der Waals surface area (Å²) in [5, 5.41) is 18.8. The van der Waals surface area contributed by atoms with Crippen molar-refractivity contribution in [1.82, 2.24) is 19.8 Å². The summed E-state index contributed by atoms with van der Waals surface area (Å²) < 4.78 is 7.38. The number of rotatable bonds is 8. The van der Waals surface area contributed by atoms with Crippen molar-refractivity contribution in [2.45, 2.75) is 26.2 Å². The van der Waals surface area contributed by atoms with E-state index in [1.165, 1.54) is 12.8 Å². The van der Waals surface area contributed by atoms with Crippen LogP contribution in [0.2, 0.25) is 0 Å². The van der Waals surface area contributed by atoms with Crippen LogP contribution in [0.3, 0.4) is 0 Å². The average Bonchev–Trinajstić information content (AvgIpc) is 3.21. The first kappa shape index (κ1) is 17.9. The van der Waals surface area contributed by atoms with Crippen LogP contribution in [0.15, 0.2) is 60.0 Å². The summed E-state index contributed by atoms with van der Waals surface area (Å²) >= 11 is 0. The van der Waals surface area contributed by atoms with Crippen LogP contribution < -0.4 is 10.2 Å². The zero-order valence-electron chi connectivity index (χ0n) is 15.7. The summed E-state index contributed by atoms with van der Waals surface area (Å²) in [6, 6.07) is 15.8. The van der Waals surface area contributed by atoms with E-state index in [0.29, 0.717) is 5.82 Å². The Kier molecular flexibility index (Phi) is 5.42. The number of hydrazone groups is 1. The fourth-order valence-electron chi connectivity index (χ4n) is 2.97. The van der Waals surface area contributed by atoms with Crippen molar-refractivity contribution in [3.8, 4) is 5.75 Å². The van der Waals surface area contributed by atoms with Crippen LogP contribution in [0, 0.1) is 0 Å². The Morgan fingerprint density at radius 3 is 2.71 bits per heavy atom. The standard InChI is InChI=1S/C21H22N6O/c1-2-3-6-13-28-17-11-9-16(10-12-17)14-22-24-20-18-7-4-5-8-19(18)21-25-23-15-27(21)26-20/h4-5,7-12,14-15H,2-3,6,13H2,1H3,(H,24,26). The van der Waals surface area contributed by atoms with Crippen molar-refractivity contribution in [3.05, 3.63) is 60.4 Å². The SMILES string of the molecule is CCCCCOc1ccc(C=NNc2nn3cnnc3c3ccccc23)cc1. The predicted molar refractivity (Wildman–Crippen MR) is 111 cm³/mol. The minimum Gasteiger partial charge on any atom is -0.494 e. The Morgan fingerprint density at radius 2 is 1.89 bits per heavy atom. The predicted octanol–water partition coefficient (Wildman–Crippen LogP) is 4.29. The van der Waals surface area contributed by atoms with Gasteiger partial charge in [-0.15, -0.1) is 15.3 Å². The molecule has 0 saturated heterocycles. The molecule has 7 heteroatoms. The molecule has 0 aliphatic heterocycles. The Balaban J connectivity index is 1.46. The summed E-state index contributed by atoms with van der Waals surface area (Å²) in [5.74, 6) is 1.53. The highest BCUT2D eigenvalue weighted by Gasteiger charge is 2.08. The second-order valence-corrected chi connectivity index (χ2v) is 6.49. The third-order valence-electron chi connectivity index (χ3n) is 4.44. The molecular formula is C21H22N6O. The van der Waals surface area contributed by atoms with E-state index in [4.69, 9.17) is 4.74 Å². The fraction of sp³-hybridized carbons (Fsp3) is 0.238. The van der Waals surface area contributed by atoms with Gasteiger partial charge in [0.25, 0.3) is 0 Å². The lowest BCUT2D eigenvalue weighted by atomic mass is 10.2. The highest BCUT2D eigenvalue weighted by Crippen LogP contribution is 2.23.